The maximum Gasteiger partial charge on any atom is 0.226 e. The van der Waals surface area contributed by atoms with Crippen molar-refractivity contribution in [2.45, 2.75) is 58.4 Å². The van der Waals surface area contributed by atoms with Crippen LogP contribution in [0.25, 0.3) is 0 Å². The smallest absolute Gasteiger partial charge is 0.226 e. The van der Waals surface area contributed by atoms with Crippen LogP contribution in [0.2, 0.25) is 0 Å². The molecule has 19 heavy (non-hydrogen) atoms. The second kappa shape index (κ2) is 4.18. The number of nitrogens with one attached hydrogen (secondary N) is 1. The number of hydrogen-bond donors (Lipinski definition) is 2. The fraction of sp³-hybridized carbons (Fsp3) is 0.867. The van der Waals surface area contributed by atoms with Crippen molar-refractivity contribution in [1.29, 1.82) is 0 Å². The van der Waals surface area contributed by atoms with Gasteiger partial charge in [-0.1, -0.05) is 19.1 Å². The summed E-state index contributed by atoms with van der Waals surface area (Å²) in [6, 6.07) is -0.191. The number of rotatable bonds is 3. The molecule has 0 aromatic rings. The van der Waals surface area contributed by atoms with Gasteiger partial charge >= 0.3 is 0 Å². The molecule has 4 rings (SSSR count). The van der Waals surface area contributed by atoms with Crippen LogP contribution in [-0.2, 0) is 4.79 Å². The first-order valence-electron chi connectivity index (χ1n) is 7.42. The Morgan fingerprint density at radius 2 is 1.89 bits per heavy atom. The van der Waals surface area contributed by atoms with Crippen LogP contribution in [0.5, 0.6) is 0 Å². The summed E-state index contributed by atoms with van der Waals surface area (Å²) in [5.41, 5.74) is 5.89. The van der Waals surface area contributed by atoms with E-state index in [9.17, 15) is 4.79 Å². The number of hydrogen-bond acceptors (Lipinski definition) is 2. The van der Waals surface area contributed by atoms with E-state index in [1.165, 1.54) is 19.3 Å². The molecule has 0 aromatic heterocycles. The highest BCUT2D eigenvalue weighted by Gasteiger charge is 2.58. The Kier molecular flexibility index (Phi) is 2.93. The van der Waals surface area contributed by atoms with E-state index in [2.05, 4.69) is 12.2 Å². The van der Waals surface area contributed by atoms with Gasteiger partial charge in [-0.05, 0) is 62.7 Å². The molecule has 4 saturated carbocycles. The summed E-state index contributed by atoms with van der Waals surface area (Å²) in [6.07, 6.45) is 7.20. The monoisotopic (exact) mass is 280 g/mol. The van der Waals surface area contributed by atoms with Crippen LogP contribution in [0.4, 0.5) is 0 Å². The Morgan fingerprint density at radius 1 is 1.32 bits per heavy atom. The van der Waals surface area contributed by atoms with E-state index in [1.54, 1.807) is 0 Å². The van der Waals surface area contributed by atoms with Crippen LogP contribution < -0.4 is 11.1 Å². The lowest BCUT2D eigenvalue weighted by Crippen LogP contribution is -2.58. The third-order valence-electron chi connectivity index (χ3n) is 5.61. The molecule has 0 saturated heterocycles. The van der Waals surface area contributed by atoms with Gasteiger partial charge in [-0.3, -0.25) is 4.79 Å². The highest BCUT2D eigenvalue weighted by Crippen LogP contribution is 2.65. The van der Waals surface area contributed by atoms with E-state index in [0.717, 1.165) is 31.1 Å². The van der Waals surface area contributed by atoms with E-state index in [1.807, 2.05) is 6.92 Å². The van der Waals surface area contributed by atoms with Gasteiger partial charge in [0.05, 0.1) is 16.4 Å². The molecule has 4 heteroatoms. The number of carbonyl (C=O) groups is 1. The molecule has 0 aliphatic heterocycles. The first-order chi connectivity index (χ1) is 8.82. The fourth-order valence-electron chi connectivity index (χ4n) is 5.41. The van der Waals surface area contributed by atoms with Crippen molar-refractivity contribution in [2.75, 3.05) is 0 Å². The fourth-order valence-corrected chi connectivity index (χ4v) is 5.47. The van der Waals surface area contributed by atoms with Gasteiger partial charge in [-0.15, -0.1) is 0 Å². The topological polar surface area (TPSA) is 55.1 Å². The van der Waals surface area contributed by atoms with Crippen LogP contribution >= 0.6 is 12.2 Å². The lowest BCUT2D eigenvalue weighted by atomic mass is 9.44. The average molecular weight is 280 g/mol. The number of nitrogens with two attached hydrogens (primary N) is 1. The molecule has 0 heterocycles. The van der Waals surface area contributed by atoms with Gasteiger partial charge < -0.3 is 11.1 Å². The normalized spacial score (nSPS) is 44.9. The minimum atomic E-state index is -0.191. The molecule has 4 aliphatic rings. The van der Waals surface area contributed by atoms with Crippen LogP contribution in [0.1, 0.15) is 52.4 Å². The Hall–Kier alpha value is -0.640. The quantitative estimate of drug-likeness (QED) is 0.780. The summed E-state index contributed by atoms with van der Waals surface area (Å²) >= 11 is 4.96. The van der Waals surface area contributed by atoms with Crippen LogP contribution in [-0.4, -0.2) is 16.9 Å². The van der Waals surface area contributed by atoms with Crippen molar-refractivity contribution in [2.24, 2.45) is 28.4 Å². The zero-order valence-corrected chi connectivity index (χ0v) is 12.7. The molecule has 3 unspecified atom stereocenters. The molecule has 0 radical (unpaired) electrons. The first-order valence-corrected chi connectivity index (χ1v) is 7.83. The molecule has 4 bridgehead atoms. The Bertz CT molecular complexity index is 420. The molecule has 3 nitrogen and oxygen atoms in total. The third kappa shape index (κ3) is 2.18. The van der Waals surface area contributed by atoms with Gasteiger partial charge in [0.2, 0.25) is 5.91 Å². The Balaban J connectivity index is 1.80. The molecule has 4 fully saturated rings. The molecule has 0 spiro atoms. The minimum Gasteiger partial charge on any atom is -0.392 e. The maximum atomic E-state index is 12.7. The van der Waals surface area contributed by atoms with Crippen molar-refractivity contribution in [3.8, 4) is 0 Å². The largest absolute Gasteiger partial charge is 0.392 e. The van der Waals surface area contributed by atoms with Crippen molar-refractivity contribution in [1.82, 2.24) is 5.32 Å². The van der Waals surface area contributed by atoms with Gasteiger partial charge in [-0.2, -0.15) is 0 Å². The highest BCUT2D eigenvalue weighted by atomic mass is 32.1. The van der Waals surface area contributed by atoms with Gasteiger partial charge in [0.25, 0.3) is 0 Å². The van der Waals surface area contributed by atoms with Crippen molar-refractivity contribution in [3.05, 3.63) is 0 Å². The van der Waals surface area contributed by atoms with Gasteiger partial charge in [0, 0.05) is 0 Å². The van der Waals surface area contributed by atoms with Gasteiger partial charge in [0.1, 0.15) is 0 Å². The van der Waals surface area contributed by atoms with E-state index in [4.69, 9.17) is 18.0 Å². The zero-order chi connectivity index (χ0) is 13.8. The van der Waals surface area contributed by atoms with Crippen LogP contribution in [0.15, 0.2) is 0 Å². The van der Waals surface area contributed by atoms with E-state index in [0.29, 0.717) is 10.4 Å². The maximum absolute atomic E-state index is 12.7. The Labute approximate surface area is 120 Å². The first kappa shape index (κ1) is 13.3. The summed E-state index contributed by atoms with van der Waals surface area (Å²) in [5, 5.41) is 3.05. The predicted molar refractivity (Wildman–Crippen MR) is 79.6 cm³/mol. The molecule has 4 aliphatic carbocycles. The predicted octanol–water partition coefficient (Wildman–Crippen LogP) is 2.38. The zero-order valence-electron chi connectivity index (χ0n) is 11.9. The van der Waals surface area contributed by atoms with Crippen molar-refractivity contribution >= 4 is 23.1 Å². The molecule has 3 atom stereocenters. The van der Waals surface area contributed by atoms with E-state index < -0.39 is 0 Å². The third-order valence-corrected chi connectivity index (χ3v) is 5.96. The summed E-state index contributed by atoms with van der Waals surface area (Å²) < 4.78 is 0. The standard InChI is InChI=1S/C15H24N2OS/c1-9(12(16)19)17-13(18)15-6-10-3-11(7-15)5-14(2,4-10)8-15/h9-11H,3-8H2,1-2H3,(H2,16,19)(H,17,18). The molecular weight excluding hydrogens is 256 g/mol. The summed E-state index contributed by atoms with van der Waals surface area (Å²) in [6.45, 7) is 4.26. The summed E-state index contributed by atoms with van der Waals surface area (Å²) in [5.74, 6) is 1.72. The minimum absolute atomic E-state index is 0.127. The SMILES string of the molecule is CC(NC(=O)C12CC3CC(CC(C)(C3)C1)C2)C(N)=S. The summed E-state index contributed by atoms with van der Waals surface area (Å²) in [4.78, 5) is 13.1. The molecular formula is C15H24N2OS. The van der Waals surface area contributed by atoms with E-state index in [-0.39, 0.29) is 17.4 Å². The highest BCUT2D eigenvalue weighted by molar-refractivity contribution is 7.80. The van der Waals surface area contributed by atoms with Crippen LogP contribution in [0, 0.1) is 22.7 Å². The molecule has 106 valence electrons. The number of amides is 1. The number of carbonyl (C=O) groups excluding carboxylic acids is 1. The average Bonchev–Trinajstić information content (AvgIpc) is 2.24. The second-order valence-electron chi connectivity index (χ2n) is 7.65. The lowest BCUT2D eigenvalue weighted by Gasteiger charge is -2.60. The number of thiocarbonyl (C=S) groups is 1. The van der Waals surface area contributed by atoms with Gasteiger partial charge in [-0.25, -0.2) is 0 Å². The molecule has 0 aromatic carbocycles. The second-order valence-corrected chi connectivity index (χ2v) is 8.12. The van der Waals surface area contributed by atoms with Crippen molar-refractivity contribution in [3.63, 3.8) is 0 Å². The van der Waals surface area contributed by atoms with Crippen LogP contribution in [0.3, 0.4) is 0 Å². The Morgan fingerprint density at radius 3 is 2.37 bits per heavy atom. The van der Waals surface area contributed by atoms with Gasteiger partial charge in [0.15, 0.2) is 0 Å². The van der Waals surface area contributed by atoms with E-state index >= 15 is 0 Å². The molecule has 3 N–H and O–H groups in total. The lowest BCUT2D eigenvalue weighted by molar-refractivity contribution is -0.155. The molecule has 1 amide bonds. The summed E-state index contributed by atoms with van der Waals surface area (Å²) in [7, 11) is 0. The van der Waals surface area contributed by atoms with Crippen molar-refractivity contribution < 1.29 is 4.79 Å².